The maximum absolute atomic E-state index is 14.0. The Morgan fingerprint density at radius 3 is 2.59 bits per heavy atom. The first-order valence-corrected chi connectivity index (χ1v) is 14.8. The molecule has 10 heteroatoms. The summed E-state index contributed by atoms with van der Waals surface area (Å²) in [5, 5.41) is 5.66. The predicted molar refractivity (Wildman–Crippen MR) is 143 cm³/mol. The second-order valence-electron chi connectivity index (χ2n) is 9.71. The second-order valence-corrected chi connectivity index (χ2v) is 12.2. The van der Waals surface area contributed by atoms with E-state index in [1.807, 2.05) is 30.5 Å². The highest BCUT2D eigenvalue weighted by atomic mass is 32.2. The van der Waals surface area contributed by atoms with Gasteiger partial charge in [0.05, 0.1) is 33.9 Å². The van der Waals surface area contributed by atoms with Crippen LogP contribution in [0.25, 0.3) is 10.9 Å². The molecule has 0 spiro atoms. The van der Waals surface area contributed by atoms with Crippen LogP contribution in [-0.2, 0) is 23.2 Å². The fraction of sp³-hybridized carbons (Fsp3) is 0.333. The van der Waals surface area contributed by atoms with E-state index in [0.29, 0.717) is 29.5 Å². The third-order valence-electron chi connectivity index (χ3n) is 6.96. The van der Waals surface area contributed by atoms with Crippen molar-refractivity contribution in [2.24, 2.45) is 0 Å². The molecule has 6 rings (SSSR count). The quantitative estimate of drug-likeness (QED) is 0.342. The molecule has 192 valence electrons. The van der Waals surface area contributed by atoms with Gasteiger partial charge < -0.3 is 15.0 Å². The number of aryl methyl sites for hydroxylation is 1. The van der Waals surface area contributed by atoms with Crippen LogP contribution in [0.2, 0.25) is 0 Å². The number of thiazole rings is 1. The predicted octanol–water partition coefficient (Wildman–Crippen LogP) is 5.01. The van der Waals surface area contributed by atoms with Gasteiger partial charge in [-0.1, -0.05) is 17.7 Å². The van der Waals surface area contributed by atoms with Gasteiger partial charge >= 0.3 is 6.03 Å². The molecule has 1 aliphatic heterocycles. The summed E-state index contributed by atoms with van der Waals surface area (Å²) in [5.41, 5.74) is 5.70. The zero-order valence-corrected chi connectivity index (χ0v) is 22.1. The number of ether oxygens (including phenoxy) is 1. The number of amides is 2. The molecule has 3 heterocycles. The molecule has 2 aromatic carbocycles. The lowest BCUT2D eigenvalue weighted by atomic mass is 10.1. The number of hydrogen-bond donors (Lipinski definition) is 1. The summed E-state index contributed by atoms with van der Waals surface area (Å²) >= 11 is 1.51. The standard InChI is InChI=1S/C27H28N4O4S2/c1-18-3-7-23(8-4-18)37(33,34)31-22(14-28-27(32)30-9-2-10-30)11-20-12-24(19-5-6-19)26(13-25(20)31)35-15-21-16-36-17-29-21/h3-4,7-8,11-13,16-17,19H,2,5-6,9-10,14-15H2,1H3,(H,28,32). The number of benzene rings is 2. The van der Waals surface area contributed by atoms with E-state index in [4.69, 9.17) is 4.74 Å². The number of carbonyl (C=O) groups excluding carboxylic acids is 1. The van der Waals surface area contributed by atoms with E-state index in [1.165, 1.54) is 15.3 Å². The van der Waals surface area contributed by atoms with Gasteiger partial charge in [0.2, 0.25) is 0 Å². The molecule has 4 aromatic rings. The molecule has 1 saturated carbocycles. The largest absolute Gasteiger partial charge is 0.487 e. The maximum atomic E-state index is 14.0. The van der Waals surface area contributed by atoms with Gasteiger partial charge in [-0.2, -0.15) is 0 Å². The Labute approximate surface area is 219 Å². The molecule has 0 bridgehead atoms. The smallest absolute Gasteiger partial charge is 0.317 e. The van der Waals surface area contributed by atoms with Crippen molar-refractivity contribution in [1.29, 1.82) is 0 Å². The van der Waals surface area contributed by atoms with E-state index in [-0.39, 0.29) is 17.5 Å². The minimum atomic E-state index is -3.94. The average Bonchev–Trinajstić information content (AvgIpc) is 3.42. The lowest BCUT2D eigenvalue weighted by Crippen LogP contribution is -2.47. The number of likely N-dealkylation sites (tertiary alicyclic amines) is 1. The van der Waals surface area contributed by atoms with Gasteiger partial charge in [0.25, 0.3) is 10.0 Å². The van der Waals surface area contributed by atoms with Crippen molar-refractivity contribution in [3.8, 4) is 5.75 Å². The van der Waals surface area contributed by atoms with Crippen LogP contribution in [0.5, 0.6) is 5.75 Å². The lowest BCUT2D eigenvalue weighted by Gasteiger charge is -2.30. The zero-order chi connectivity index (χ0) is 25.6. The lowest BCUT2D eigenvalue weighted by molar-refractivity contribution is 0.167. The number of nitrogens with zero attached hydrogens (tertiary/aromatic N) is 3. The van der Waals surface area contributed by atoms with Crippen LogP contribution in [0.1, 0.15) is 47.7 Å². The van der Waals surface area contributed by atoms with Crippen molar-refractivity contribution in [2.75, 3.05) is 13.1 Å². The summed E-state index contributed by atoms with van der Waals surface area (Å²) in [4.78, 5) is 18.7. The van der Waals surface area contributed by atoms with Gasteiger partial charge in [0, 0.05) is 29.9 Å². The Hall–Kier alpha value is -3.37. The highest BCUT2D eigenvalue weighted by Crippen LogP contribution is 2.46. The summed E-state index contributed by atoms with van der Waals surface area (Å²) in [5.74, 6) is 1.08. The van der Waals surface area contributed by atoms with Crippen LogP contribution in [0.4, 0.5) is 4.79 Å². The molecule has 0 unspecified atom stereocenters. The number of carbonyl (C=O) groups is 1. The first kappa shape index (κ1) is 24.0. The molecule has 37 heavy (non-hydrogen) atoms. The average molecular weight is 537 g/mol. The first-order chi connectivity index (χ1) is 17.9. The summed E-state index contributed by atoms with van der Waals surface area (Å²) in [6.45, 7) is 3.78. The molecule has 2 fully saturated rings. The van der Waals surface area contributed by atoms with Gasteiger partial charge in [0.1, 0.15) is 12.4 Å². The van der Waals surface area contributed by atoms with Gasteiger partial charge in [-0.3, -0.25) is 0 Å². The van der Waals surface area contributed by atoms with Crippen molar-refractivity contribution >= 4 is 38.3 Å². The molecule has 2 aliphatic rings. The van der Waals surface area contributed by atoms with E-state index in [0.717, 1.165) is 54.6 Å². The van der Waals surface area contributed by atoms with Gasteiger partial charge in [-0.15, -0.1) is 11.3 Å². The van der Waals surface area contributed by atoms with Gasteiger partial charge in [-0.05, 0) is 61.9 Å². The molecule has 8 nitrogen and oxygen atoms in total. The Morgan fingerprint density at radius 2 is 1.95 bits per heavy atom. The summed E-state index contributed by atoms with van der Waals surface area (Å²) in [6.07, 6.45) is 3.16. The third-order valence-corrected chi connectivity index (χ3v) is 9.38. The van der Waals surface area contributed by atoms with Crippen LogP contribution < -0.4 is 10.1 Å². The second kappa shape index (κ2) is 9.50. The number of fused-ring (bicyclic) bond motifs is 1. The van der Waals surface area contributed by atoms with E-state index >= 15 is 0 Å². The topological polar surface area (TPSA) is 93.5 Å². The molecule has 2 aromatic heterocycles. The molecular formula is C27H28N4O4S2. The maximum Gasteiger partial charge on any atom is 0.317 e. The van der Waals surface area contributed by atoms with Crippen molar-refractivity contribution in [2.45, 2.75) is 50.2 Å². The summed E-state index contributed by atoms with van der Waals surface area (Å²) in [7, 11) is -3.94. The SMILES string of the molecule is Cc1ccc(S(=O)(=O)n2c(CNC(=O)N3CCC3)cc3cc(C4CC4)c(OCc4cscn4)cc32)cc1. The minimum absolute atomic E-state index is 0.100. The Bertz CT molecular complexity index is 1550. The Kier molecular flexibility index (Phi) is 6.16. The third kappa shape index (κ3) is 4.71. The zero-order valence-electron chi connectivity index (χ0n) is 20.5. The van der Waals surface area contributed by atoms with Crippen molar-refractivity contribution < 1.29 is 17.9 Å². The molecule has 1 aliphatic carbocycles. The molecule has 0 atom stereocenters. The van der Waals surface area contributed by atoms with Crippen molar-refractivity contribution in [1.82, 2.24) is 19.2 Å². The normalized spacial score (nSPS) is 15.5. The van der Waals surface area contributed by atoms with Gasteiger partial charge in [-0.25, -0.2) is 22.2 Å². The van der Waals surface area contributed by atoms with Crippen molar-refractivity contribution in [3.05, 3.63) is 75.9 Å². The van der Waals surface area contributed by atoms with Crippen LogP contribution in [0, 0.1) is 6.92 Å². The van der Waals surface area contributed by atoms with E-state index < -0.39 is 10.0 Å². The minimum Gasteiger partial charge on any atom is -0.487 e. The molecule has 1 saturated heterocycles. The molecular weight excluding hydrogens is 508 g/mol. The number of aromatic nitrogens is 2. The van der Waals surface area contributed by atoms with Crippen LogP contribution in [0.15, 0.2) is 58.3 Å². The van der Waals surface area contributed by atoms with Crippen LogP contribution in [0.3, 0.4) is 0 Å². The van der Waals surface area contributed by atoms with E-state index in [2.05, 4.69) is 10.3 Å². The summed E-state index contributed by atoms with van der Waals surface area (Å²) < 4.78 is 35.5. The first-order valence-electron chi connectivity index (χ1n) is 12.4. The van der Waals surface area contributed by atoms with Crippen LogP contribution >= 0.6 is 11.3 Å². The number of hydrogen-bond acceptors (Lipinski definition) is 6. The fourth-order valence-electron chi connectivity index (χ4n) is 4.61. The number of rotatable bonds is 8. The highest BCUT2D eigenvalue weighted by molar-refractivity contribution is 7.90. The molecule has 0 radical (unpaired) electrons. The molecule has 2 amide bonds. The Balaban J connectivity index is 1.44. The van der Waals surface area contributed by atoms with E-state index in [9.17, 15) is 13.2 Å². The Morgan fingerprint density at radius 1 is 1.16 bits per heavy atom. The van der Waals surface area contributed by atoms with E-state index in [1.54, 1.807) is 34.7 Å². The fourth-order valence-corrected chi connectivity index (χ4v) is 6.68. The number of nitrogens with one attached hydrogen (secondary N) is 1. The van der Waals surface area contributed by atoms with Gasteiger partial charge in [0.15, 0.2) is 0 Å². The monoisotopic (exact) mass is 536 g/mol. The molecule has 1 N–H and O–H groups in total. The summed E-state index contributed by atoms with van der Waals surface area (Å²) in [6, 6.07) is 12.4. The van der Waals surface area contributed by atoms with Crippen molar-refractivity contribution in [3.63, 3.8) is 0 Å². The number of urea groups is 1. The van der Waals surface area contributed by atoms with Crippen LogP contribution in [-0.4, -0.2) is 41.4 Å². The highest BCUT2D eigenvalue weighted by Gasteiger charge is 2.30.